The van der Waals surface area contributed by atoms with Crippen molar-refractivity contribution in [3.05, 3.63) is 30.1 Å². The second-order valence-electron chi connectivity index (χ2n) is 3.18. The van der Waals surface area contributed by atoms with Gasteiger partial charge in [-0.15, -0.1) is 0 Å². The van der Waals surface area contributed by atoms with Crippen LogP contribution in [0.15, 0.2) is 24.5 Å². The Kier molecular flexibility index (Phi) is 1.54. The van der Waals surface area contributed by atoms with Crippen molar-refractivity contribution in [1.82, 2.24) is 9.88 Å². The van der Waals surface area contributed by atoms with Gasteiger partial charge in [0.15, 0.2) is 0 Å². The molecule has 2 heterocycles. The minimum atomic E-state index is -0.859. The highest BCUT2D eigenvalue weighted by molar-refractivity contribution is 5.14. The Labute approximate surface area is 76.0 Å². The molecule has 0 spiro atoms. The van der Waals surface area contributed by atoms with E-state index in [2.05, 4.69) is 4.98 Å². The number of hydrogen-bond donors (Lipinski definition) is 0. The molecule has 0 radical (unpaired) electrons. The molecule has 2 rings (SSSR count). The summed E-state index contributed by atoms with van der Waals surface area (Å²) in [6.45, 7) is -0.000245. The van der Waals surface area contributed by atoms with Crippen molar-refractivity contribution in [3.8, 4) is 0 Å². The number of pyridine rings is 1. The van der Waals surface area contributed by atoms with Crippen LogP contribution in [0.2, 0.25) is 0 Å². The van der Waals surface area contributed by atoms with Crippen LogP contribution in [0.4, 0.5) is 0 Å². The van der Waals surface area contributed by atoms with Crippen molar-refractivity contribution < 1.29 is 2.74 Å². The quantitative estimate of drug-likeness (QED) is 0.629. The van der Waals surface area contributed by atoms with E-state index in [0.29, 0.717) is 0 Å². The Hall–Kier alpha value is -0.890. The van der Waals surface area contributed by atoms with Crippen molar-refractivity contribution in [2.45, 2.75) is 18.9 Å². The maximum atomic E-state index is 7.43. The molecule has 1 fully saturated rings. The summed E-state index contributed by atoms with van der Waals surface area (Å²) in [7, 11) is 0. The maximum Gasteiger partial charge on any atom is 0.0394 e. The van der Waals surface area contributed by atoms with Gasteiger partial charge in [0.05, 0.1) is 0 Å². The molecule has 1 aromatic heterocycles. The van der Waals surface area contributed by atoms with Crippen LogP contribution in [0.3, 0.4) is 0 Å². The van der Waals surface area contributed by atoms with Crippen molar-refractivity contribution in [1.29, 1.82) is 0 Å². The molecule has 1 aliphatic heterocycles. The molecule has 2 heteroatoms. The van der Waals surface area contributed by atoms with Crippen LogP contribution in [0, 0.1) is 0 Å². The first-order valence-electron chi connectivity index (χ1n) is 5.44. The molecule has 0 saturated carbocycles. The SMILES string of the molecule is [2H]C([2H])N1CCCC1c1cccnc1. The van der Waals surface area contributed by atoms with Gasteiger partial charge in [-0.05, 0) is 38.0 Å². The fourth-order valence-electron chi connectivity index (χ4n) is 1.72. The normalized spacial score (nSPS) is 27.2. The van der Waals surface area contributed by atoms with Gasteiger partial charge in [0.25, 0.3) is 0 Å². The lowest BCUT2D eigenvalue weighted by Crippen LogP contribution is -2.17. The molecule has 1 aliphatic rings. The molecule has 1 aromatic rings. The molecule has 2 nitrogen and oxygen atoms in total. The van der Waals surface area contributed by atoms with Gasteiger partial charge in [0.1, 0.15) is 0 Å². The number of hydrogen-bond acceptors (Lipinski definition) is 2. The third-order valence-corrected chi connectivity index (χ3v) is 2.36. The van der Waals surface area contributed by atoms with Crippen LogP contribution >= 0.6 is 0 Å². The summed E-state index contributed by atoms with van der Waals surface area (Å²) in [4.78, 5) is 5.97. The van der Waals surface area contributed by atoms with Crippen LogP contribution in [0.5, 0.6) is 0 Å². The van der Waals surface area contributed by atoms with Gasteiger partial charge >= 0.3 is 0 Å². The summed E-state index contributed by atoms with van der Waals surface area (Å²) in [6.07, 6.45) is 5.71. The van der Waals surface area contributed by atoms with Gasteiger partial charge < -0.3 is 0 Å². The lowest BCUT2D eigenvalue weighted by atomic mass is 10.1. The standard InChI is InChI=1S/C10H14N2/c1-12-7-3-5-10(12)9-4-2-6-11-8-9/h2,4,6,8,10H,3,5,7H2,1H3/i1D2. The first-order chi connectivity index (χ1) is 6.79. The summed E-state index contributed by atoms with van der Waals surface area (Å²) in [5.74, 6) is 0. The molecule has 1 saturated heterocycles. The number of rotatable bonds is 1. The average molecular weight is 164 g/mol. The van der Waals surface area contributed by atoms with Crippen molar-refractivity contribution in [2.24, 2.45) is 0 Å². The van der Waals surface area contributed by atoms with Crippen molar-refractivity contribution in [3.63, 3.8) is 0 Å². The topological polar surface area (TPSA) is 16.1 Å². The Morgan fingerprint density at radius 2 is 2.75 bits per heavy atom. The van der Waals surface area contributed by atoms with E-state index in [9.17, 15) is 0 Å². The zero-order valence-electron chi connectivity index (χ0n) is 8.98. The largest absolute Gasteiger partial charge is 0.299 e. The molecule has 0 bridgehead atoms. The predicted molar refractivity (Wildman–Crippen MR) is 48.8 cm³/mol. The molecular formula is C10H14N2. The van der Waals surface area contributed by atoms with E-state index in [1.807, 2.05) is 23.2 Å². The Balaban J connectivity index is 2.18. The monoisotopic (exact) mass is 164 g/mol. The van der Waals surface area contributed by atoms with Crippen molar-refractivity contribution >= 4 is 0 Å². The van der Waals surface area contributed by atoms with E-state index in [1.165, 1.54) is 0 Å². The smallest absolute Gasteiger partial charge is 0.0394 e. The molecule has 0 aliphatic carbocycles. The maximum absolute atomic E-state index is 7.43. The Morgan fingerprint density at radius 3 is 3.50 bits per heavy atom. The predicted octanol–water partition coefficient (Wildman–Crippen LogP) is 1.85. The summed E-state index contributed by atoms with van der Waals surface area (Å²) >= 11 is 0. The van der Waals surface area contributed by atoms with Crippen LogP contribution in [-0.2, 0) is 0 Å². The minimum Gasteiger partial charge on any atom is -0.299 e. The van der Waals surface area contributed by atoms with Crippen LogP contribution in [-0.4, -0.2) is 23.4 Å². The zero-order valence-corrected chi connectivity index (χ0v) is 6.98. The molecule has 1 unspecified atom stereocenters. The summed E-state index contributed by atoms with van der Waals surface area (Å²) in [6, 6.07) is 4.16. The fraction of sp³-hybridized carbons (Fsp3) is 0.500. The Bertz CT molecular complexity index is 289. The second kappa shape index (κ2) is 3.23. The van der Waals surface area contributed by atoms with E-state index in [-0.39, 0.29) is 6.04 Å². The highest BCUT2D eigenvalue weighted by Crippen LogP contribution is 2.29. The van der Waals surface area contributed by atoms with Gasteiger partial charge in [-0.1, -0.05) is 6.07 Å². The molecule has 64 valence electrons. The number of likely N-dealkylation sites (tertiary alicyclic amines) is 1. The van der Waals surface area contributed by atoms with Crippen LogP contribution in [0.1, 0.15) is 27.2 Å². The highest BCUT2D eigenvalue weighted by Gasteiger charge is 2.21. The molecule has 0 amide bonds. The fourth-order valence-corrected chi connectivity index (χ4v) is 1.72. The van der Waals surface area contributed by atoms with Gasteiger partial charge in [-0.3, -0.25) is 9.88 Å². The van der Waals surface area contributed by atoms with E-state index in [1.54, 1.807) is 6.20 Å². The van der Waals surface area contributed by atoms with E-state index >= 15 is 0 Å². The Morgan fingerprint density at radius 1 is 1.75 bits per heavy atom. The lowest BCUT2D eigenvalue weighted by Gasteiger charge is -2.18. The van der Waals surface area contributed by atoms with E-state index in [4.69, 9.17) is 2.74 Å². The molecule has 12 heavy (non-hydrogen) atoms. The lowest BCUT2D eigenvalue weighted by molar-refractivity contribution is 0.317. The van der Waals surface area contributed by atoms with Gasteiger partial charge in [-0.25, -0.2) is 0 Å². The van der Waals surface area contributed by atoms with Gasteiger partial charge in [0.2, 0.25) is 0 Å². The van der Waals surface area contributed by atoms with Crippen LogP contribution < -0.4 is 0 Å². The average Bonchev–Trinajstić information content (AvgIpc) is 2.67. The molecule has 1 atom stereocenters. The zero-order chi connectivity index (χ0) is 9.97. The molecular weight excluding hydrogens is 148 g/mol. The first-order valence-corrected chi connectivity index (χ1v) is 4.29. The van der Waals surface area contributed by atoms with Crippen molar-refractivity contribution in [2.75, 3.05) is 13.5 Å². The minimum absolute atomic E-state index is 0.226. The van der Waals surface area contributed by atoms with Crippen LogP contribution in [0.25, 0.3) is 0 Å². The van der Waals surface area contributed by atoms with E-state index in [0.717, 1.165) is 24.9 Å². The summed E-state index contributed by atoms with van der Waals surface area (Å²) < 4.78 is 14.9. The first kappa shape index (κ1) is 5.70. The summed E-state index contributed by atoms with van der Waals surface area (Å²) in [5, 5.41) is 0. The number of nitrogens with zero attached hydrogens (tertiary/aromatic N) is 2. The van der Waals surface area contributed by atoms with Gasteiger partial charge in [0, 0.05) is 21.2 Å². The third-order valence-electron chi connectivity index (χ3n) is 2.36. The van der Waals surface area contributed by atoms with Gasteiger partial charge in [-0.2, -0.15) is 0 Å². The van der Waals surface area contributed by atoms with E-state index < -0.39 is 7.00 Å². The second-order valence-corrected chi connectivity index (χ2v) is 3.18. The third kappa shape index (κ3) is 1.34. The summed E-state index contributed by atoms with van der Waals surface area (Å²) in [5.41, 5.74) is 1.13. The number of aromatic nitrogens is 1. The highest BCUT2D eigenvalue weighted by atomic mass is 15.1. The molecule has 0 aromatic carbocycles. The molecule has 0 N–H and O–H groups in total.